The summed E-state index contributed by atoms with van der Waals surface area (Å²) in [5.74, 6) is -0.266. The maximum atomic E-state index is 13.1. The Bertz CT molecular complexity index is 1380. The number of halogens is 1. The summed E-state index contributed by atoms with van der Waals surface area (Å²) in [6.45, 7) is 0. The van der Waals surface area contributed by atoms with Crippen molar-refractivity contribution in [3.8, 4) is 17.2 Å². The summed E-state index contributed by atoms with van der Waals surface area (Å²) < 4.78 is 0.808. The molecule has 2 amide bonds. The highest BCUT2D eigenvalue weighted by atomic mass is 79.9. The van der Waals surface area contributed by atoms with Crippen LogP contribution in [0.15, 0.2) is 95.6 Å². The van der Waals surface area contributed by atoms with Crippen molar-refractivity contribution in [1.82, 2.24) is 4.98 Å². The van der Waals surface area contributed by atoms with Crippen LogP contribution in [0.3, 0.4) is 0 Å². The van der Waals surface area contributed by atoms with Gasteiger partial charge in [-0.15, -0.1) is 0 Å². The lowest BCUT2D eigenvalue weighted by molar-refractivity contribution is 0.101. The first-order valence-corrected chi connectivity index (χ1v) is 10.8. The molecule has 3 aromatic carbocycles. The summed E-state index contributed by atoms with van der Waals surface area (Å²) in [4.78, 5) is 29.8. The number of carbonyl (C=O) groups is 2. The van der Waals surface area contributed by atoms with E-state index in [0.717, 1.165) is 4.47 Å². The number of carbonyl (C=O) groups excluding carboxylic acids is 2. The predicted octanol–water partition coefficient (Wildman–Crippen LogP) is 5.89. The van der Waals surface area contributed by atoms with Gasteiger partial charge in [-0.1, -0.05) is 42.5 Å². The lowest BCUT2D eigenvalue weighted by Gasteiger charge is -2.12. The molecule has 4 aromatic rings. The zero-order valence-corrected chi connectivity index (χ0v) is 18.8. The normalized spacial score (nSPS) is 10.2. The minimum Gasteiger partial charge on any atom is -0.322 e. The molecule has 33 heavy (non-hydrogen) atoms. The number of hydrogen-bond donors (Lipinski definition) is 2. The van der Waals surface area contributed by atoms with Crippen molar-refractivity contribution in [3.63, 3.8) is 0 Å². The van der Waals surface area contributed by atoms with Crippen LogP contribution in [0.1, 0.15) is 26.3 Å². The second-order valence-electron chi connectivity index (χ2n) is 7.05. The molecule has 1 aromatic heterocycles. The van der Waals surface area contributed by atoms with Gasteiger partial charge in [0.25, 0.3) is 11.8 Å². The molecule has 0 unspecified atom stereocenters. The molecule has 0 radical (unpaired) electrons. The van der Waals surface area contributed by atoms with Gasteiger partial charge in [0.2, 0.25) is 0 Å². The number of nitrogens with one attached hydrogen (secondary N) is 2. The molecule has 0 saturated heterocycles. The van der Waals surface area contributed by atoms with Crippen molar-refractivity contribution in [2.24, 2.45) is 0 Å². The van der Waals surface area contributed by atoms with Crippen LogP contribution >= 0.6 is 15.9 Å². The smallest absolute Gasteiger partial charge is 0.256 e. The van der Waals surface area contributed by atoms with Crippen LogP contribution in [0.25, 0.3) is 11.1 Å². The SMILES string of the molecule is N#Cc1ccccc1-c1ccccc1C(=O)Nc1cccc(C(=O)Nc2ccc(Br)cn2)c1. The zero-order valence-electron chi connectivity index (χ0n) is 17.2. The maximum absolute atomic E-state index is 13.1. The first kappa shape index (κ1) is 21.9. The van der Waals surface area contributed by atoms with Crippen LogP contribution in [-0.2, 0) is 0 Å². The molecule has 1 heterocycles. The molecule has 0 atom stereocenters. The number of hydrogen-bond acceptors (Lipinski definition) is 4. The number of benzene rings is 3. The monoisotopic (exact) mass is 496 g/mol. The van der Waals surface area contributed by atoms with Crippen LogP contribution in [0.4, 0.5) is 11.5 Å². The molecular weight excluding hydrogens is 480 g/mol. The van der Waals surface area contributed by atoms with E-state index in [4.69, 9.17) is 0 Å². The van der Waals surface area contributed by atoms with Crippen molar-refractivity contribution in [2.45, 2.75) is 0 Å². The lowest BCUT2D eigenvalue weighted by atomic mass is 9.95. The highest BCUT2D eigenvalue weighted by molar-refractivity contribution is 9.10. The van der Waals surface area contributed by atoms with Gasteiger partial charge in [-0.05, 0) is 64.0 Å². The Morgan fingerprint density at radius 1 is 0.818 bits per heavy atom. The van der Waals surface area contributed by atoms with Gasteiger partial charge in [0.1, 0.15) is 5.82 Å². The average Bonchev–Trinajstić information content (AvgIpc) is 2.85. The van der Waals surface area contributed by atoms with E-state index in [9.17, 15) is 14.9 Å². The molecule has 0 bridgehead atoms. The van der Waals surface area contributed by atoms with E-state index in [1.807, 2.05) is 18.2 Å². The number of anilines is 2. The summed E-state index contributed by atoms with van der Waals surface area (Å²) in [6.07, 6.45) is 1.59. The molecule has 2 N–H and O–H groups in total. The molecular formula is C26H17BrN4O2. The van der Waals surface area contributed by atoms with Crippen molar-refractivity contribution in [2.75, 3.05) is 10.6 Å². The Balaban J connectivity index is 1.56. The van der Waals surface area contributed by atoms with E-state index in [2.05, 4.69) is 37.6 Å². The molecule has 0 saturated carbocycles. The summed E-state index contributed by atoms with van der Waals surface area (Å²) in [5.41, 5.74) is 3.09. The zero-order chi connectivity index (χ0) is 23.2. The Kier molecular flexibility index (Phi) is 6.58. The summed E-state index contributed by atoms with van der Waals surface area (Å²) in [5, 5.41) is 15.0. The molecule has 6 nitrogen and oxygen atoms in total. The van der Waals surface area contributed by atoms with E-state index in [0.29, 0.717) is 39.3 Å². The van der Waals surface area contributed by atoms with E-state index < -0.39 is 0 Å². The lowest BCUT2D eigenvalue weighted by Crippen LogP contribution is -2.15. The van der Waals surface area contributed by atoms with Crippen molar-refractivity contribution >= 4 is 39.2 Å². The molecule has 0 aliphatic heterocycles. The van der Waals surface area contributed by atoms with Crippen LogP contribution in [0.5, 0.6) is 0 Å². The first-order chi connectivity index (χ1) is 16.0. The van der Waals surface area contributed by atoms with Gasteiger partial charge in [-0.3, -0.25) is 9.59 Å². The second kappa shape index (κ2) is 9.90. The van der Waals surface area contributed by atoms with Gasteiger partial charge in [0, 0.05) is 33.0 Å². The van der Waals surface area contributed by atoms with E-state index in [1.54, 1.807) is 72.9 Å². The number of pyridine rings is 1. The summed E-state index contributed by atoms with van der Waals surface area (Å²) in [7, 11) is 0. The Morgan fingerprint density at radius 3 is 2.33 bits per heavy atom. The minimum atomic E-state index is -0.343. The Hall–Kier alpha value is -4.28. The van der Waals surface area contributed by atoms with Crippen LogP contribution < -0.4 is 10.6 Å². The number of aromatic nitrogens is 1. The fourth-order valence-corrected chi connectivity index (χ4v) is 3.54. The number of nitrogens with zero attached hydrogens (tertiary/aromatic N) is 2. The van der Waals surface area contributed by atoms with E-state index in [-0.39, 0.29) is 11.8 Å². The highest BCUT2D eigenvalue weighted by Crippen LogP contribution is 2.27. The maximum Gasteiger partial charge on any atom is 0.256 e. The predicted molar refractivity (Wildman–Crippen MR) is 131 cm³/mol. The van der Waals surface area contributed by atoms with Crippen molar-refractivity contribution < 1.29 is 9.59 Å². The van der Waals surface area contributed by atoms with Gasteiger partial charge in [0.15, 0.2) is 0 Å². The molecule has 0 aliphatic carbocycles. The van der Waals surface area contributed by atoms with Gasteiger partial charge < -0.3 is 10.6 Å². The molecule has 160 valence electrons. The summed E-state index contributed by atoms with van der Waals surface area (Å²) in [6, 6.07) is 26.5. The third-order valence-corrected chi connectivity index (χ3v) is 5.33. The largest absolute Gasteiger partial charge is 0.322 e. The molecule has 7 heteroatoms. The van der Waals surface area contributed by atoms with Gasteiger partial charge >= 0.3 is 0 Å². The van der Waals surface area contributed by atoms with Gasteiger partial charge in [-0.25, -0.2) is 4.98 Å². The first-order valence-electron chi connectivity index (χ1n) is 9.98. The number of amides is 2. The molecule has 0 aliphatic rings. The molecule has 0 fully saturated rings. The highest BCUT2D eigenvalue weighted by Gasteiger charge is 2.16. The molecule has 4 rings (SSSR count). The van der Waals surface area contributed by atoms with Crippen LogP contribution in [-0.4, -0.2) is 16.8 Å². The van der Waals surface area contributed by atoms with Crippen LogP contribution in [0, 0.1) is 11.3 Å². The Labute approximate surface area is 199 Å². The average molecular weight is 497 g/mol. The van der Waals surface area contributed by atoms with Crippen LogP contribution in [0.2, 0.25) is 0 Å². The van der Waals surface area contributed by atoms with E-state index in [1.165, 1.54) is 0 Å². The molecule has 0 spiro atoms. The van der Waals surface area contributed by atoms with Gasteiger partial charge in [-0.2, -0.15) is 5.26 Å². The fraction of sp³-hybridized carbons (Fsp3) is 0. The van der Waals surface area contributed by atoms with Crippen molar-refractivity contribution in [3.05, 3.63) is 112 Å². The Morgan fingerprint density at radius 2 is 1.58 bits per heavy atom. The third-order valence-electron chi connectivity index (χ3n) is 4.86. The quantitative estimate of drug-likeness (QED) is 0.360. The number of rotatable bonds is 5. The van der Waals surface area contributed by atoms with Crippen molar-refractivity contribution in [1.29, 1.82) is 5.26 Å². The standard InChI is InChI=1S/C26H17BrN4O2/c27-19-12-13-24(29-16-19)31-25(32)17-7-5-8-20(14-17)30-26(33)23-11-4-3-10-22(23)21-9-2-1-6-18(21)15-28/h1-14,16H,(H,30,33)(H,29,31,32). The second-order valence-corrected chi connectivity index (χ2v) is 7.97. The van der Waals surface area contributed by atoms with Gasteiger partial charge in [0.05, 0.1) is 11.6 Å². The summed E-state index contributed by atoms with van der Waals surface area (Å²) >= 11 is 3.30. The fourth-order valence-electron chi connectivity index (χ4n) is 3.31. The number of nitriles is 1. The topological polar surface area (TPSA) is 94.9 Å². The third kappa shape index (κ3) is 5.14. The minimum absolute atomic E-state index is 0.342. The van der Waals surface area contributed by atoms with E-state index >= 15 is 0 Å².